The third-order valence-corrected chi connectivity index (χ3v) is 3.29. The van der Waals surface area contributed by atoms with E-state index in [1.807, 2.05) is 20.9 Å². The fraction of sp³-hybridized carbons (Fsp3) is 0.333. The van der Waals surface area contributed by atoms with Gasteiger partial charge in [0.2, 0.25) is 0 Å². The molecule has 106 valence electrons. The molecular formula is C15H17FN2O2. The molecule has 0 saturated carbocycles. The van der Waals surface area contributed by atoms with Crippen LogP contribution in [0.15, 0.2) is 12.1 Å². The zero-order valence-electron chi connectivity index (χ0n) is 12.2. The van der Waals surface area contributed by atoms with Crippen LogP contribution in [0.2, 0.25) is 0 Å². The number of aromatic nitrogens is 2. The van der Waals surface area contributed by atoms with E-state index in [0.29, 0.717) is 17.1 Å². The van der Waals surface area contributed by atoms with Crippen molar-refractivity contribution in [2.45, 2.75) is 27.7 Å². The van der Waals surface area contributed by atoms with Crippen LogP contribution in [0, 0.1) is 26.6 Å². The van der Waals surface area contributed by atoms with Crippen molar-refractivity contribution < 1.29 is 13.9 Å². The Morgan fingerprint density at radius 1 is 1.30 bits per heavy atom. The number of nitrogens with zero attached hydrogens (tertiary/aromatic N) is 2. The monoisotopic (exact) mass is 276 g/mol. The van der Waals surface area contributed by atoms with E-state index in [1.165, 1.54) is 19.1 Å². The van der Waals surface area contributed by atoms with Crippen LogP contribution in [0.5, 0.6) is 11.5 Å². The number of ketones is 1. The van der Waals surface area contributed by atoms with Gasteiger partial charge in [-0.25, -0.2) is 4.39 Å². The van der Waals surface area contributed by atoms with E-state index < -0.39 is 5.82 Å². The second kappa shape index (κ2) is 5.07. The van der Waals surface area contributed by atoms with Gasteiger partial charge >= 0.3 is 0 Å². The lowest BCUT2D eigenvalue weighted by Gasteiger charge is -2.11. The Balaban J connectivity index is 2.53. The first-order chi connectivity index (χ1) is 9.31. The number of aryl methyl sites for hydroxylation is 3. The lowest BCUT2D eigenvalue weighted by atomic mass is 10.1. The van der Waals surface area contributed by atoms with Gasteiger partial charge in [-0.05, 0) is 45.4 Å². The molecule has 0 amide bonds. The number of Topliss-reactive ketones (excluding diaryl/α,β-unsaturated/α-hetero) is 1. The zero-order chi connectivity index (χ0) is 15.0. The van der Waals surface area contributed by atoms with Crippen LogP contribution in [-0.2, 0) is 7.05 Å². The molecule has 0 atom stereocenters. The highest BCUT2D eigenvalue weighted by molar-refractivity contribution is 5.97. The van der Waals surface area contributed by atoms with E-state index in [-0.39, 0.29) is 11.3 Å². The number of halogens is 1. The summed E-state index contributed by atoms with van der Waals surface area (Å²) in [6, 6.07) is 2.76. The van der Waals surface area contributed by atoms with E-state index >= 15 is 0 Å². The van der Waals surface area contributed by atoms with Gasteiger partial charge in [0.15, 0.2) is 11.5 Å². The average molecular weight is 276 g/mol. The van der Waals surface area contributed by atoms with E-state index in [4.69, 9.17) is 4.74 Å². The van der Waals surface area contributed by atoms with Crippen LogP contribution in [0.1, 0.15) is 34.2 Å². The summed E-state index contributed by atoms with van der Waals surface area (Å²) in [6.07, 6.45) is 0. The molecule has 0 aliphatic rings. The quantitative estimate of drug-likeness (QED) is 0.806. The summed E-state index contributed by atoms with van der Waals surface area (Å²) in [5, 5.41) is 4.25. The van der Waals surface area contributed by atoms with Gasteiger partial charge in [0.05, 0.1) is 11.3 Å². The SMILES string of the molecule is CC(=O)c1cc(F)c(C)cc1Oc1c(C)nn(C)c1C. The number of ether oxygens (including phenoxy) is 1. The van der Waals surface area contributed by atoms with Crippen LogP contribution in [0.25, 0.3) is 0 Å². The van der Waals surface area contributed by atoms with Crippen molar-refractivity contribution in [3.05, 3.63) is 40.5 Å². The van der Waals surface area contributed by atoms with Crippen LogP contribution >= 0.6 is 0 Å². The lowest BCUT2D eigenvalue weighted by Crippen LogP contribution is -2.01. The van der Waals surface area contributed by atoms with Crippen LogP contribution in [-0.4, -0.2) is 15.6 Å². The standard InChI is InChI=1S/C15H17FN2O2/c1-8-6-14(12(11(4)19)7-13(8)16)20-15-9(2)17-18(5)10(15)3/h6-7H,1-5H3. The van der Waals surface area contributed by atoms with Gasteiger partial charge in [0.25, 0.3) is 0 Å². The predicted molar refractivity (Wildman–Crippen MR) is 73.9 cm³/mol. The molecule has 20 heavy (non-hydrogen) atoms. The molecule has 0 saturated heterocycles. The van der Waals surface area contributed by atoms with E-state index in [1.54, 1.807) is 11.6 Å². The van der Waals surface area contributed by atoms with Gasteiger partial charge in [0.1, 0.15) is 17.3 Å². The number of benzene rings is 1. The first-order valence-corrected chi connectivity index (χ1v) is 6.30. The summed E-state index contributed by atoms with van der Waals surface area (Å²) < 4.78 is 21.1. The summed E-state index contributed by atoms with van der Waals surface area (Å²) in [5.41, 5.74) is 2.24. The molecule has 1 aromatic carbocycles. The summed E-state index contributed by atoms with van der Waals surface area (Å²) >= 11 is 0. The Bertz CT molecular complexity index is 690. The van der Waals surface area contributed by atoms with Gasteiger partial charge in [-0.1, -0.05) is 0 Å². The van der Waals surface area contributed by atoms with Crippen molar-refractivity contribution >= 4 is 5.78 Å². The third kappa shape index (κ3) is 2.43. The second-order valence-electron chi connectivity index (χ2n) is 4.88. The van der Waals surface area contributed by atoms with Crippen LogP contribution in [0.4, 0.5) is 4.39 Å². The summed E-state index contributed by atoms with van der Waals surface area (Å²) in [7, 11) is 1.82. The minimum Gasteiger partial charge on any atom is -0.453 e. The number of carbonyl (C=O) groups excluding carboxylic acids is 1. The summed E-state index contributed by atoms with van der Waals surface area (Å²) in [5.74, 6) is 0.303. The molecule has 0 N–H and O–H groups in total. The maximum atomic E-state index is 13.6. The lowest BCUT2D eigenvalue weighted by molar-refractivity contribution is 0.101. The smallest absolute Gasteiger partial charge is 0.171 e. The van der Waals surface area contributed by atoms with E-state index in [9.17, 15) is 9.18 Å². The van der Waals surface area contributed by atoms with E-state index in [2.05, 4.69) is 5.10 Å². The maximum Gasteiger partial charge on any atom is 0.171 e. The fourth-order valence-corrected chi connectivity index (χ4v) is 2.03. The Morgan fingerprint density at radius 2 is 1.95 bits per heavy atom. The van der Waals surface area contributed by atoms with Crippen molar-refractivity contribution in [2.75, 3.05) is 0 Å². The fourth-order valence-electron chi connectivity index (χ4n) is 2.03. The largest absolute Gasteiger partial charge is 0.453 e. The minimum atomic E-state index is -0.415. The summed E-state index contributed by atoms with van der Waals surface area (Å²) in [4.78, 5) is 11.6. The Kier molecular flexibility index (Phi) is 3.61. The highest BCUT2D eigenvalue weighted by atomic mass is 19.1. The van der Waals surface area contributed by atoms with Crippen LogP contribution < -0.4 is 4.74 Å². The molecule has 1 aromatic heterocycles. The normalized spacial score (nSPS) is 10.7. The molecule has 0 fully saturated rings. The summed E-state index contributed by atoms with van der Waals surface area (Å²) in [6.45, 7) is 6.72. The molecular weight excluding hydrogens is 259 g/mol. The Morgan fingerprint density at radius 3 is 2.45 bits per heavy atom. The molecule has 0 aliphatic heterocycles. The molecule has 0 spiro atoms. The number of hydrogen-bond donors (Lipinski definition) is 0. The predicted octanol–water partition coefficient (Wildman–Crippen LogP) is 3.48. The maximum absolute atomic E-state index is 13.6. The molecule has 2 rings (SSSR count). The first-order valence-electron chi connectivity index (χ1n) is 6.30. The molecule has 4 nitrogen and oxygen atoms in total. The molecule has 1 heterocycles. The van der Waals surface area contributed by atoms with Gasteiger partial charge < -0.3 is 4.74 Å². The first kappa shape index (κ1) is 14.2. The minimum absolute atomic E-state index is 0.232. The molecule has 2 aromatic rings. The Labute approximate surface area is 117 Å². The highest BCUT2D eigenvalue weighted by Gasteiger charge is 2.17. The second-order valence-corrected chi connectivity index (χ2v) is 4.88. The van der Waals surface area contributed by atoms with Crippen molar-refractivity contribution in [1.82, 2.24) is 9.78 Å². The zero-order valence-corrected chi connectivity index (χ0v) is 12.2. The van der Waals surface area contributed by atoms with Crippen LogP contribution in [0.3, 0.4) is 0 Å². The number of rotatable bonds is 3. The highest BCUT2D eigenvalue weighted by Crippen LogP contribution is 2.32. The molecule has 0 aliphatic carbocycles. The van der Waals surface area contributed by atoms with Crippen molar-refractivity contribution in [3.63, 3.8) is 0 Å². The number of hydrogen-bond acceptors (Lipinski definition) is 3. The number of carbonyl (C=O) groups is 1. The average Bonchev–Trinajstić information content (AvgIpc) is 2.60. The van der Waals surface area contributed by atoms with Gasteiger partial charge in [-0.2, -0.15) is 5.10 Å². The molecule has 0 unspecified atom stereocenters. The molecule has 5 heteroatoms. The Hall–Kier alpha value is -2.17. The molecule has 0 bridgehead atoms. The van der Waals surface area contributed by atoms with Gasteiger partial charge in [-0.15, -0.1) is 0 Å². The van der Waals surface area contributed by atoms with Crippen molar-refractivity contribution in [3.8, 4) is 11.5 Å². The third-order valence-electron chi connectivity index (χ3n) is 3.29. The van der Waals surface area contributed by atoms with Gasteiger partial charge in [0, 0.05) is 7.05 Å². The van der Waals surface area contributed by atoms with E-state index in [0.717, 1.165) is 11.4 Å². The van der Waals surface area contributed by atoms with Crippen molar-refractivity contribution in [2.24, 2.45) is 7.05 Å². The van der Waals surface area contributed by atoms with Gasteiger partial charge in [-0.3, -0.25) is 9.48 Å². The topological polar surface area (TPSA) is 44.1 Å². The van der Waals surface area contributed by atoms with Crippen molar-refractivity contribution in [1.29, 1.82) is 0 Å². The molecule has 0 radical (unpaired) electrons.